The lowest BCUT2D eigenvalue weighted by Crippen LogP contribution is -2.27. The van der Waals surface area contributed by atoms with E-state index in [-0.39, 0.29) is 11.3 Å². The van der Waals surface area contributed by atoms with Crippen molar-refractivity contribution < 1.29 is 14.3 Å². The average Bonchev–Trinajstić information content (AvgIpc) is 3.07. The molecule has 1 saturated carbocycles. The first-order chi connectivity index (χ1) is 16.5. The molecule has 2 aromatic carbocycles. The third kappa shape index (κ3) is 5.16. The molecular weight excluding hydrogens is 431 g/mol. The minimum absolute atomic E-state index is 0.244. The summed E-state index contributed by atoms with van der Waals surface area (Å²) in [6.07, 6.45) is 8.22. The highest BCUT2D eigenvalue weighted by molar-refractivity contribution is 5.95. The second kappa shape index (κ2) is 10.9. The Hall–Kier alpha value is -3.15. The molecule has 1 aliphatic carbocycles. The quantitative estimate of drug-likeness (QED) is 0.415. The van der Waals surface area contributed by atoms with Gasteiger partial charge in [-0.3, -0.25) is 9.13 Å². The summed E-state index contributed by atoms with van der Waals surface area (Å²) < 4.78 is 18.2. The molecule has 34 heavy (non-hydrogen) atoms. The minimum atomic E-state index is -0.972. The van der Waals surface area contributed by atoms with Crippen LogP contribution in [-0.4, -0.2) is 20.2 Å². The average molecular weight is 465 g/mol. The fraction of sp³-hybridized carbons (Fsp3) is 0.429. The van der Waals surface area contributed by atoms with Gasteiger partial charge in [0.2, 0.25) is 5.95 Å². The summed E-state index contributed by atoms with van der Waals surface area (Å²) in [5.41, 5.74) is 2.74. The van der Waals surface area contributed by atoms with Crippen LogP contribution in [0.1, 0.15) is 73.5 Å². The number of hydrogen-bond acceptors (Lipinski definition) is 2. The summed E-state index contributed by atoms with van der Waals surface area (Å²) in [7, 11) is 0. The van der Waals surface area contributed by atoms with Crippen LogP contribution in [0.15, 0.2) is 53.3 Å². The molecule has 0 aliphatic heterocycles. The van der Waals surface area contributed by atoms with Crippen molar-refractivity contribution in [2.75, 3.05) is 0 Å². The van der Waals surface area contributed by atoms with Crippen molar-refractivity contribution in [2.45, 2.75) is 71.4 Å². The number of benzene rings is 2. The predicted octanol–water partition coefficient (Wildman–Crippen LogP) is 6.13. The lowest BCUT2D eigenvalue weighted by Gasteiger charge is -2.21. The largest absolute Gasteiger partial charge is 0.478 e. The van der Waals surface area contributed by atoms with Crippen molar-refractivity contribution >= 4 is 5.97 Å². The lowest BCUT2D eigenvalue weighted by molar-refractivity contribution is 0.0697. The lowest BCUT2D eigenvalue weighted by atomic mass is 9.87. The number of aromatic nitrogens is 2. The SMILES string of the molecule is CCCc1c(F)n(CCC2CCCCC2)c(=O)n1Cc1ccc(-c2ccccc2C(=O)O)cc1. The summed E-state index contributed by atoms with van der Waals surface area (Å²) in [4.78, 5) is 24.7. The molecule has 0 spiro atoms. The number of aromatic carboxylic acids is 1. The Kier molecular flexibility index (Phi) is 7.66. The number of halogens is 1. The van der Waals surface area contributed by atoms with Gasteiger partial charge in [-0.05, 0) is 41.5 Å². The predicted molar refractivity (Wildman–Crippen MR) is 132 cm³/mol. The zero-order valence-electron chi connectivity index (χ0n) is 19.8. The van der Waals surface area contributed by atoms with E-state index in [2.05, 4.69) is 0 Å². The van der Waals surface area contributed by atoms with Gasteiger partial charge in [-0.15, -0.1) is 0 Å². The number of carbonyl (C=O) groups is 1. The van der Waals surface area contributed by atoms with Crippen LogP contribution in [0.2, 0.25) is 0 Å². The molecule has 4 rings (SSSR count). The maximum Gasteiger partial charge on any atom is 0.336 e. The maximum atomic E-state index is 15.3. The first-order valence-corrected chi connectivity index (χ1v) is 12.4. The van der Waals surface area contributed by atoms with Gasteiger partial charge >= 0.3 is 11.7 Å². The van der Waals surface area contributed by atoms with Gasteiger partial charge in [0.05, 0.1) is 17.8 Å². The van der Waals surface area contributed by atoms with E-state index in [1.54, 1.807) is 22.8 Å². The monoisotopic (exact) mass is 464 g/mol. The van der Waals surface area contributed by atoms with Crippen LogP contribution in [0.5, 0.6) is 0 Å². The Balaban J connectivity index is 1.57. The number of carboxylic acid groups (broad SMARTS) is 1. The van der Waals surface area contributed by atoms with Crippen molar-refractivity contribution in [3.05, 3.63) is 81.8 Å². The van der Waals surface area contributed by atoms with Crippen molar-refractivity contribution in [3.8, 4) is 11.1 Å². The Morgan fingerprint density at radius 3 is 2.41 bits per heavy atom. The van der Waals surface area contributed by atoms with Gasteiger partial charge in [-0.1, -0.05) is 87.9 Å². The van der Waals surface area contributed by atoms with Gasteiger partial charge in [-0.2, -0.15) is 4.39 Å². The molecule has 1 aromatic heterocycles. The summed E-state index contributed by atoms with van der Waals surface area (Å²) in [6, 6.07) is 14.4. The highest BCUT2D eigenvalue weighted by atomic mass is 19.1. The summed E-state index contributed by atoms with van der Waals surface area (Å²) in [5, 5.41) is 9.47. The minimum Gasteiger partial charge on any atom is -0.478 e. The van der Waals surface area contributed by atoms with Gasteiger partial charge in [-0.25, -0.2) is 9.59 Å². The number of rotatable bonds is 9. The molecule has 0 amide bonds. The fourth-order valence-corrected chi connectivity index (χ4v) is 5.13. The maximum absolute atomic E-state index is 15.3. The molecule has 3 aromatic rings. The van der Waals surface area contributed by atoms with E-state index in [0.29, 0.717) is 36.7 Å². The molecule has 5 nitrogen and oxygen atoms in total. The van der Waals surface area contributed by atoms with Crippen LogP contribution in [0.3, 0.4) is 0 Å². The van der Waals surface area contributed by atoms with Crippen LogP contribution in [0, 0.1) is 11.9 Å². The molecule has 1 N–H and O–H groups in total. The number of hydrogen-bond donors (Lipinski definition) is 1. The normalized spacial score (nSPS) is 14.4. The fourth-order valence-electron chi connectivity index (χ4n) is 5.13. The molecule has 0 atom stereocenters. The van der Waals surface area contributed by atoms with Crippen molar-refractivity contribution in [1.29, 1.82) is 0 Å². The summed E-state index contributed by atoms with van der Waals surface area (Å²) in [6.45, 7) is 2.72. The Bertz CT molecular complexity index is 1190. The second-order valence-corrected chi connectivity index (χ2v) is 9.35. The van der Waals surface area contributed by atoms with Crippen LogP contribution >= 0.6 is 0 Å². The van der Waals surface area contributed by atoms with E-state index < -0.39 is 11.9 Å². The van der Waals surface area contributed by atoms with Crippen molar-refractivity contribution in [1.82, 2.24) is 9.13 Å². The van der Waals surface area contributed by atoms with E-state index in [0.717, 1.165) is 24.0 Å². The molecule has 0 unspecified atom stereocenters. The summed E-state index contributed by atoms with van der Waals surface area (Å²) >= 11 is 0. The molecule has 0 radical (unpaired) electrons. The van der Waals surface area contributed by atoms with Crippen LogP contribution in [0.4, 0.5) is 4.39 Å². The van der Waals surface area contributed by atoms with Crippen molar-refractivity contribution in [2.24, 2.45) is 5.92 Å². The van der Waals surface area contributed by atoms with Crippen LogP contribution < -0.4 is 5.69 Å². The van der Waals surface area contributed by atoms with Gasteiger partial charge in [0.25, 0.3) is 0 Å². The molecule has 0 saturated heterocycles. The van der Waals surface area contributed by atoms with E-state index in [1.807, 2.05) is 37.3 Å². The first-order valence-electron chi connectivity index (χ1n) is 12.4. The number of carboxylic acids is 1. The Morgan fingerprint density at radius 1 is 1.03 bits per heavy atom. The highest BCUT2D eigenvalue weighted by Gasteiger charge is 2.21. The van der Waals surface area contributed by atoms with E-state index >= 15 is 4.39 Å². The highest BCUT2D eigenvalue weighted by Crippen LogP contribution is 2.27. The van der Waals surface area contributed by atoms with Gasteiger partial charge in [0.15, 0.2) is 0 Å². The van der Waals surface area contributed by atoms with E-state index in [4.69, 9.17) is 0 Å². The van der Waals surface area contributed by atoms with Gasteiger partial charge < -0.3 is 5.11 Å². The molecule has 180 valence electrons. The Morgan fingerprint density at radius 2 is 1.74 bits per heavy atom. The molecular formula is C28H33FN2O3. The topological polar surface area (TPSA) is 64.2 Å². The summed E-state index contributed by atoms with van der Waals surface area (Å²) in [5.74, 6) is -0.783. The zero-order chi connectivity index (χ0) is 24.1. The molecule has 1 heterocycles. The molecule has 1 aliphatic rings. The Labute approximate surface area is 199 Å². The third-order valence-electron chi connectivity index (χ3n) is 7.00. The van der Waals surface area contributed by atoms with Crippen molar-refractivity contribution in [3.63, 3.8) is 0 Å². The van der Waals surface area contributed by atoms with Crippen LogP contribution in [-0.2, 0) is 19.5 Å². The molecule has 6 heteroatoms. The standard InChI is InChI=1S/C28H33FN2O3/c1-2-8-25-26(29)30(18-17-20-9-4-3-5-10-20)28(34)31(25)19-21-13-15-22(16-14-21)23-11-6-7-12-24(23)27(32)33/h6-7,11-16,20H,2-5,8-10,17-19H2,1H3,(H,32,33). The number of nitrogens with zero attached hydrogens (tertiary/aromatic N) is 2. The first kappa shape index (κ1) is 24.0. The second-order valence-electron chi connectivity index (χ2n) is 9.35. The third-order valence-corrected chi connectivity index (χ3v) is 7.00. The zero-order valence-corrected chi connectivity index (χ0v) is 19.8. The van der Waals surface area contributed by atoms with E-state index in [9.17, 15) is 14.7 Å². The molecule has 1 fully saturated rings. The smallest absolute Gasteiger partial charge is 0.336 e. The van der Waals surface area contributed by atoms with Gasteiger partial charge in [0.1, 0.15) is 0 Å². The molecule has 0 bridgehead atoms. The van der Waals surface area contributed by atoms with Gasteiger partial charge in [0, 0.05) is 6.54 Å². The van der Waals surface area contributed by atoms with E-state index in [1.165, 1.54) is 36.7 Å². The van der Waals surface area contributed by atoms with Crippen LogP contribution in [0.25, 0.3) is 11.1 Å². The number of imidazole rings is 1.